The number of nitrogens with one attached hydrogen (secondary N) is 5. The van der Waals surface area contributed by atoms with E-state index >= 15 is 0 Å². The molecule has 13 nitrogen and oxygen atoms in total. The standard InChI is InChI=1S/C26H35N5O8/c1-4-17(28-24(36)18-11-8-12-27-18)23(35)30-20(14-32)25(37)29-19(16-9-6-5-7-10-16)13-21(34)31-22(15(2)33)26(38)39-3/h5-12,15,17,19-20,22,27,32-33H,4,13-14H2,1-3H3,(H,28,36)(H,29,37)(H,30,35)(H,31,34)/t15-,17-,19?,20-,22-/m0/s1. The third-order valence-electron chi connectivity index (χ3n) is 5.85. The predicted molar refractivity (Wildman–Crippen MR) is 139 cm³/mol. The molecular formula is C26H35N5O8. The molecule has 2 rings (SSSR count). The molecule has 1 aromatic carbocycles. The van der Waals surface area contributed by atoms with E-state index in [1.807, 2.05) is 0 Å². The molecular weight excluding hydrogens is 510 g/mol. The summed E-state index contributed by atoms with van der Waals surface area (Å²) in [6.45, 7) is 2.24. The van der Waals surface area contributed by atoms with E-state index < -0.39 is 66.5 Å². The molecule has 1 aromatic heterocycles. The zero-order chi connectivity index (χ0) is 28.9. The molecule has 7 N–H and O–H groups in total. The van der Waals surface area contributed by atoms with Gasteiger partial charge in [0, 0.05) is 6.20 Å². The van der Waals surface area contributed by atoms with Crippen molar-refractivity contribution in [2.45, 2.75) is 57.0 Å². The Hall–Kier alpha value is -4.23. The van der Waals surface area contributed by atoms with E-state index in [9.17, 15) is 34.2 Å². The van der Waals surface area contributed by atoms with Crippen LogP contribution in [-0.2, 0) is 23.9 Å². The monoisotopic (exact) mass is 545 g/mol. The van der Waals surface area contributed by atoms with Crippen LogP contribution in [0.1, 0.15) is 48.8 Å². The third kappa shape index (κ3) is 9.23. The number of benzene rings is 1. The summed E-state index contributed by atoms with van der Waals surface area (Å²) >= 11 is 0. The first-order valence-corrected chi connectivity index (χ1v) is 12.4. The molecule has 0 aliphatic rings. The van der Waals surface area contributed by atoms with Gasteiger partial charge >= 0.3 is 5.97 Å². The van der Waals surface area contributed by atoms with Crippen LogP contribution < -0.4 is 21.3 Å². The number of methoxy groups -OCH3 is 1. The number of esters is 1. The molecule has 2 aromatic rings. The van der Waals surface area contributed by atoms with Crippen molar-refractivity contribution in [2.75, 3.05) is 13.7 Å². The molecule has 0 aliphatic heterocycles. The summed E-state index contributed by atoms with van der Waals surface area (Å²) in [6.07, 6.45) is 0.219. The second-order valence-corrected chi connectivity index (χ2v) is 8.75. The zero-order valence-corrected chi connectivity index (χ0v) is 22.0. The molecule has 0 radical (unpaired) electrons. The van der Waals surface area contributed by atoms with Gasteiger partial charge in [0.2, 0.25) is 17.7 Å². The molecule has 4 amide bonds. The van der Waals surface area contributed by atoms with Gasteiger partial charge in [0.1, 0.15) is 17.8 Å². The smallest absolute Gasteiger partial charge is 0.331 e. The maximum absolute atomic E-state index is 13.1. The number of rotatable bonds is 14. The topological polar surface area (TPSA) is 199 Å². The molecule has 1 unspecified atom stereocenters. The van der Waals surface area contributed by atoms with Gasteiger partial charge in [-0.1, -0.05) is 37.3 Å². The van der Waals surface area contributed by atoms with Crippen molar-refractivity contribution >= 4 is 29.6 Å². The Morgan fingerprint density at radius 1 is 0.923 bits per heavy atom. The fraction of sp³-hybridized carbons (Fsp3) is 0.423. The number of ether oxygens (including phenoxy) is 1. The van der Waals surface area contributed by atoms with Crippen molar-refractivity contribution < 1.29 is 38.9 Å². The van der Waals surface area contributed by atoms with Crippen LogP contribution in [0.3, 0.4) is 0 Å². The van der Waals surface area contributed by atoms with E-state index in [0.29, 0.717) is 5.56 Å². The second-order valence-electron chi connectivity index (χ2n) is 8.75. The van der Waals surface area contributed by atoms with Crippen molar-refractivity contribution in [1.82, 2.24) is 26.3 Å². The molecule has 1 heterocycles. The Kier molecular flexibility index (Phi) is 12.1. The highest BCUT2D eigenvalue weighted by Gasteiger charge is 2.30. The second kappa shape index (κ2) is 15.2. The summed E-state index contributed by atoms with van der Waals surface area (Å²) in [7, 11) is 1.12. The SMILES string of the molecule is CC[C@H](NC(=O)c1ccc[nH]1)C(=O)N[C@@H](CO)C(=O)NC(CC(=O)N[C@H](C(=O)OC)[C@H](C)O)c1ccccc1. The molecule has 0 fully saturated rings. The van der Waals surface area contributed by atoms with Gasteiger partial charge in [-0.2, -0.15) is 0 Å². The lowest BCUT2D eigenvalue weighted by atomic mass is 10.0. The van der Waals surface area contributed by atoms with Crippen LogP contribution in [0.4, 0.5) is 0 Å². The normalized spacial score (nSPS) is 14.6. The molecule has 0 saturated carbocycles. The molecule has 212 valence electrons. The third-order valence-corrected chi connectivity index (χ3v) is 5.85. The lowest BCUT2D eigenvalue weighted by molar-refractivity contribution is -0.148. The minimum Gasteiger partial charge on any atom is -0.467 e. The van der Waals surface area contributed by atoms with Gasteiger partial charge in [-0.15, -0.1) is 0 Å². The van der Waals surface area contributed by atoms with Crippen molar-refractivity contribution in [3.63, 3.8) is 0 Å². The number of aliphatic hydroxyl groups is 2. The minimum absolute atomic E-state index is 0.218. The largest absolute Gasteiger partial charge is 0.467 e. The Labute approximate surface area is 225 Å². The van der Waals surface area contributed by atoms with Crippen molar-refractivity contribution in [3.05, 3.63) is 59.9 Å². The van der Waals surface area contributed by atoms with E-state index in [0.717, 1.165) is 7.11 Å². The van der Waals surface area contributed by atoms with Crippen LogP contribution in [0.25, 0.3) is 0 Å². The number of carbonyl (C=O) groups excluding carboxylic acids is 5. The number of hydrogen-bond acceptors (Lipinski definition) is 8. The Morgan fingerprint density at radius 3 is 2.13 bits per heavy atom. The highest BCUT2D eigenvalue weighted by molar-refractivity contribution is 5.97. The first-order valence-electron chi connectivity index (χ1n) is 12.4. The highest BCUT2D eigenvalue weighted by Crippen LogP contribution is 2.17. The molecule has 0 bridgehead atoms. The lowest BCUT2D eigenvalue weighted by Gasteiger charge is -2.25. The van der Waals surface area contributed by atoms with E-state index in [1.54, 1.807) is 55.6 Å². The van der Waals surface area contributed by atoms with Crippen LogP contribution in [0.2, 0.25) is 0 Å². The van der Waals surface area contributed by atoms with Gasteiger partial charge in [-0.25, -0.2) is 4.79 Å². The van der Waals surface area contributed by atoms with Gasteiger partial charge < -0.3 is 41.2 Å². The van der Waals surface area contributed by atoms with E-state index in [1.165, 1.54) is 6.92 Å². The number of aromatic amines is 1. The molecule has 13 heteroatoms. The van der Waals surface area contributed by atoms with Gasteiger partial charge in [-0.3, -0.25) is 19.2 Å². The van der Waals surface area contributed by atoms with Crippen molar-refractivity contribution in [2.24, 2.45) is 0 Å². The zero-order valence-electron chi connectivity index (χ0n) is 22.0. The fourth-order valence-corrected chi connectivity index (χ4v) is 3.66. The van der Waals surface area contributed by atoms with Crippen LogP contribution in [0, 0.1) is 0 Å². The number of carbonyl (C=O) groups is 5. The molecule has 5 atom stereocenters. The summed E-state index contributed by atoms with van der Waals surface area (Å²) in [5.41, 5.74) is 0.798. The van der Waals surface area contributed by atoms with Crippen LogP contribution >= 0.6 is 0 Å². The first-order chi connectivity index (χ1) is 18.6. The Morgan fingerprint density at radius 2 is 1.59 bits per heavy atom. The van der Waals surface area contributed by atoms with E-state index in [-0.39, 0.29) is 18.5 Å². The average Bonchev–Trinajstić information content (AvgIpc) is 3.48. The minimum atomic E-state index is -1.39. The number of hydrogen-bond donors (Lipinski definition) is 7. The summed E-state index contributed by atoms with van der Waals surface area (Å²) in [5.74, 6) is -3.47. The molecule has 39 heavy (non-hydrogen) atoms. The molecule has 0 saturated heterocycles. The van der Waals surface area contributed by atoms with Crippen LogP contribution in [0.5, 0.6) is 0 Å². The highest BCUT2D eigenvalue weighted by atomic mass is 16.5. The number of aliphatic hydroxyl groups excluding tert-OH is 2. The molecule has 0 spiro atoms. The summed E-state index contributed by atoms with van der Waals surface area (Å²) in [4.78, 5) is 65.6. The fourth-order valence-electron chi connectivity index (χ4n) is 3.66. The van der Waals surface area contributed by atoms with Crippen molar-refractivity contribution in [1.29, 1.82) is 0 Å². The Bertz CT molecular complexity index is 1110. The van der Waals surface area contributed by atoms with Crippen LogP contribution in [-0.4, -0.2) is 82.7 Å². The predicted octanol–water partition coefficient (Wildman–Crippen LogP) is -0.714. The maximum atomic E-state index is 13.1. The first kappa shape index (κ1) is 31.0. The summed E-state index contributed by atoms with van der Waals surface area (Å²) < 4.78 is 4.61. The average molecular weight is 546 g/mol. The number of amides is 4. The quantitative estimate of drug-likeness (QED) is 0.151. The lowest BCUT2D eigenvalue weighted by Crippen LogP contribution is -2.55. The summed E-state index contributed by atoms with van der Waals surface area (Å²) in [6, 6.07) is 7.06. The number of H-pyrrole nitrogens is 1. The van der Waals surface area contributed by atoms with E-state index in [2.05, 4.69) is 31.0 Å². The van der Waals surface area contributed by atoms with Gasteiger partial charge in [0.05, 0.1) is 32.3 Å². The van der Waals surface area contributed by atoms with Crippen molar-refractivity contribution in [3.8, 4) is 0 Å². The maximum Gasteiger partial charge on any atom is 0.331 e. The van der Waals surface area contributed by atoms with Gasteiger partial charge in [0.15, 0.2) is 6.04 Å². The Balaban J connectivity index is 2.11. The molecule has 0 aliphatic carbocycles. The van der Waals surface area contributed by atoms with Gasteiger partial charge in [-0.05, 0) is 31.0 Å². The van der Waals surface area contributed by atoms with E-state index in [4.69, 9.17) is 0 Å². The van der Waals surface area contributed by atoms with Crippen LogP contribution in [0.15, 0.2) is 48.7 Å². The number of aromatic nitrogens is 1. The van der Waals surface area contributed by atoms with Gasteiger partial charge in [0.25, 0.3) is 5.91 Å². The summed E-state index contributed by atoms with van der Waals surface area (Å²) in [5, 5.41) is 29.7.